The summed E-state index contributed by atoms with van der Waals surface area (Å²) in [4.78, 5) is 4.34. The molecule has 1 aromatic heterocycles. The summed E-state index contributed by atoms with van der Waals surface area (Å²) >= 11 is 0. The second kappa shape index (κ2) is 5.63. The third-order valence-corrected chi connectivity index (χ3v) is 4.25. The summed E-state index contributed by atoms with van der Waals surface area (Å²) in [6, 6.07) is 3.96. The van der Waals surface area contributed by atoms with Crippen molar-refractivity contribution in [2.24, 2.45) is 11.8 Å². The van der Waals surface area contributed by atoms with Crippen molar-refractivity contribution in [3.8, 4) is 0 Å². The first-order valence-corrected chi connectivity index (χ1v) is 6.82. The molecule has 1 heterocycles. The SMILES string of the molecule is CCC1CCC(C(O)c2ncccc2C)CC1. The Morgan fingerprint density at radius 2 is 2.06 bits per heavy atom. The van der Waals surface area contributed by atoms with Gasteiger partial charge in [-0.3, -0.25) is 4.98 Å². The van der Waals surface area contributed by atoms with Gasteiger partial charge in [0, 0.05) is 6.20 Å². The first kappa shape index (κ1) is 12.6. The Bertz CT molecular complexity index is 356. The summed E-state index contributed by atoms with van der Waals surface area (Å²) in [5, 5.41) is 10.4. The number of pyridine rings is 1. The highest BCUT2D eigenvalue weighted by atomic mass is 16.3. The highest BCUT2D eigenvalue weighted by Gasteiger charge is 2.27. The van der Waals surface area contributed by atoms with Crippen LogP contribution in [0.2, 0.25) is 0 Å². The quantitative estimate of drug-likeness (QED) is 0.864. The van der Waals surface area contributed by atoms with Crippen molar-refractivity contribution in [1.29, 1.82) is 0 Å². The molecule has 0 amide bonds. The van der Waals surface area contributed by atoms with Crippen molar-refractivity contribution in [3.63, 3.8) is 0 Å². The van der Waals surface area contributed by atoms with Crippen molar-refractivity contribution in [2.75, 3.05) is 0 Å². The number of rotatable bonds is 3. The lowest BCUT2D eigenvalue weighted by atomic mass is 9.77. The maximum Gasteiger partial charge on any atom is 0.0990 e. The zero-order chi connectivity index (χ0) is 12.3. The van der Waals surface area contributed by atoms with Crippen LogP contribution in [0.5, 0.6) is 0 Å². The first-order valence-electron chi connectivity index (χ1n) is 6.82. The molecule has 1 unspecified atom stereocenters. The third-order valence-electron chi connectivity index (χ3n) is 4.25. The van der Waals surface area contributed by atoms with Gasteiger partial charge < -0.3 is 5.11 Å². The summed E-state index contributed by atoms with van der Waals surface area (Å²) < 4.78 is 0. The minimum atomic E-state index is -0.367. The molecule has 0 bridgehead atoms. The smallest absolute Gasteiger partial charge is 0.0990 e. The lowest BCUT2D eigenvalue weighted by molar-refractivity contribution is 0.0691. The summed E-state index contributed by atoms with van der Waals surface area (Å²) in [6.45, 7) is 4.30. The number of nitrogens with zero attached hydrogens (tertiary/aromatic N) is 1. The van der Waals surface area contributed by atoms with E-state index in [1.54, 1.807) is 6.20 Å². The van der Waals surface area contributed by atoms with Crippen LogP contribution in [0.15, 0.2) is 18.3 Å². The van der Waals surface area contributed by atoms with Crippen molar-refractivity contribution >= 4 is 0 Å². The molecule has 0 aliphatic heterocycles. The molecular weight excluding hydrogens is 210 g/mol. The normalized spacial score (nSPS) is 26.8. The molecule has 0 spiro atoms. The fraction of sp³-hybridized carbons (Fsp3) is 0.667. The Morgan fingerprint density at radius 3 is 2.65 bits per heavy atom. The molecule has 1 aromatic rings. The zero-order valence-electron chi connectivity index (χ0n) is 10.9. The predicted molar refractivity (Wildman–Crippen MR) is 69.7 cm³/mol. The average molecular weight is 233 g/mol. The molecule has 1 fully saturated rings. The molecule has 0 radical (unpaired) electrons. The van der Waals surface area contributed by atoms with E-state index in [2.05, 4.69) is 11.9 Å². The van der Waals surface area contributed by atoms with Crippen LogP contribution in [-0.4, -0.2) is 10.1 Å². The van der Waals surface area contributed by atoms with Crippen molar-refractivity contribution < 1.29 is 5.11 Å². The molecule has 17 heavy (non-hydrogen) atoms. The van der Waals surface area contributed by atoms with E-state index in [1.807, 2.05) is 19.1 Å². The van der Waals surface area contributed by atoms with Gasteiger partial charge in [-0.25, -0.2) is 0 Å². The Hall–Kier alpha value is -0.890. The molecule has 2 nitrogen and oxygen atoms in total. The van der Waals surface area contributed by atoms with Gasteiger partial charge in [-0.15, -0.1) is 0 Å². The second-order valence-electron chi connectivity index (χ2n) is 5.34. The minimum Gasteiger partial charge on any atom is -0.387 e. The Morgan fingerprint density at radius 1 is 1.35 bits per heavy atom. The van der Waals surface area contributed by atoms with E-state index in [9.17, 15) is 5.11 Å². The molecule has 1 atom stereocenters. The molecule has 0 saturated heterocycles. The average Bonchev–Trinajstić information content (AvgIpc) is 2.39. The molecular formula is C15H23NO. The largest absolute Gasteiger partial charge is 0.387 e. The van der Waals surface area contributed by atoms with Crippen LogP contribution in [-0.2, 0) is 0 Å². The number of hydrogen-bond acceptors (Lipinski definition) is 2. The molecule has 0 aromatic carbocycles. The van der Waals surface area contributed by atoms with Gasteiger partial charge in [0.05, 0.1) is 11.8 Å². The van der Waals surface area contributed by atoms with Crippen LogP contribution < -0.4 is 0 Å². The summed E-state index contributed by atoms with van der Waals surface area (Å²) in [5.41, 5.74) is 1.99. The summed E-state index contributed by atoms with van der Waals surface area (Å²) in [5.74, 6) is 1.29. The highest BCUT2D eigenvalue weighted by molar-refractivity contribution is 5.20. The van der Waals surface area contributed by atoms with E-state index in [-0.39, 0.29) is 6.10 Å². The second-order valence-corrected chi connectivity index (χ2v) is 5.34. The maximum atomic E-state index is 10.4. The Balaban J connectivity index is 2.02. The maximum absolute atomic E-state index is 10.4. The van der Waals surface area contributed by atoms with Gasteiger partial charge in [0.2, 0.25) is 0 Å². The van der Waals surface area contributed by atoms with Gasteiger partial charge in [-0.05, 0) is 43.2 Å². The monoisotopic (exact) mass is 233 g/mol. The van der Waals surface area contributed by atoms with Crippen LogP contribution in [0.1, 0.15) is 56.4 Å². The fourth-order valence-corrected chi connectivity index (χ4v) is 2.94. The van der Waals surface area contributed by atoms with Gasteiger partial charge >= 0.3 is 0 Å². The predicted octanol–water partition coefficient (Wildman–Crippen LogP) is 3.64. The number of aryl methyl sites for hydroxylation is 1. The molecule has 2 heteroatoms. The van der Waals surface area contributed by atoms with Gasteiger partial charge in [-0.1, -0.05) is 32.3 Å². The van der Waals surface area contributed by atoms with Crippen molar-refractivity contribution in [2.45, 2.75) is 52.1 Å². The Labute approximate surface area is 104 Å². The molecule has 1 N–H and O–H groups in total. The number of aromatic nitrogens is 1. The molecule has 1 aliphatic rings. The lowest BCUT2D eigenvalue weighted by Gasteiger charge is -2.31. The van der Waals surface area contributed by atoms with E-state index < -0.39 is 0 Å². The van der Waals surface area contributed by atoms with Gasteiger partial charge in [0.25, 0.3) is 0 Å². The number of hydrogen-bond donors (Lipinski definition) is 1. The van der Waals surface area contributed by atoms with Gasteiger partial charge in [0.15, 0.2) is 0 Å². The van der Waals surface area contributed by atoms with Crippen LogP contribution in [0.4, 0.5) is 0 Å². The van der Waals surface area contributed by atoms with E-state index in [4.69, 9.17) is 0 Å². The molecule has 94 valence electrons. The minimum absolute atomic E-state index is 0.367. The van der Waals surface area contributed by atoms with Crippen LogP contribution in [0.25, 0.3) is 0 Å². The first-order chi connectivity index (χ1) is 8.22. The zero-order valence-corrected chi connectivity index (χ0v) is 10.9. The van der Waals surface area contributed by atoms with E-state index in [0.717, 1.165) is 30.0 Å². The van der Waals surface area contributed by atoms with Crippen LogP contribution in [0.3, 0.4) is 0 Å². The van der Waals surface area contributed by atoms with Gasteiger partial charge in [-0.2, -0.15) is 0 Å². The van der Waals surface area contributed by atoms with Crippen molar-refractivity contribution in [3.05, 3.63) is 29.6 Å². The standard InChI is InChI=1S/C15H23NO/c1-3-12-6-8-13(9-7-12)15(17)14-11(2)5-4-10-16-14/h4-5,10,12-13,15,17H,3,6-9H2,1-2H3. The van der Waals surface area contributed by atoms with Gasteiger partial charge in [0.1, 0.15) is 0 Å². The molecule has 1 aliphatic carbocycles. The Kier molecular flexibility index (Phi) is 4.16. The lowest BCUT2D eigenvalue weighted by Crippen LogP contribution is -2.21. The topological polar surface area (TPSA) is 33.1 Å². The number of aliphatic hydroxyl groups excluding tert-OH is 1. The summed E-state index contributed by atoms with van der Waals surface area (Å²) in [7, 11) is 0. The highest BCUT2D eigenvalue weighted by Crippen LogP contribution is 2.37. The van der Waals surface area contributed by atoms with E-state index in [0.29, 0.717) is 5.92 Å². The van der Waals surface area contributed by atoms with Crippen LogP contribution in [0, 0.1) is 18.8 Å². The molecule has 1 saturated carbocycles. The molecule has 2 rings (SSSR count). The van der Waals surface area contributed by atoms with E-state index in [1.165, 1.54) is 19.3 Å². The van der Waals surface area contributed by atoms with E-state index >= 15 is 0 Å². The third kappa shape index (κ3) is 2.86. The van der Waals surface area contributed by atoms with Crippen molar-refractivity contribution in [1.82, 2.24) is 4.98 Å². The number of aliphatic hydroxyl groups is 1. The summed E-state index contributed by atoms with van der Waals surface area (Å²) in [6.07, 6.45) is 7.53. The fourth-order valence-electron chi connectivity index (χ4n) is 2.94. The van der Waals surface area contributed by atoms with Crippen LogP contribution >= 0.6 is 0 Å².